The maximum atomic E-state index is 9.01. The number of benzene rings is 1. The van der Waals surface area contributed by atoms with Crippen molar-refractivity contribution in [1.82, 2.24) is 9.97 Å². The molecule has 3 heterocycles. The average molecular weight is 372 g/mol. The normalized spacial score (nSPS) is 10.7. The molecule has 0 saturated heterocycles. The number of hydrogen-bond acceptors (Lipinski definition) is 7. The van der Waals surface area contributed by atoms with Gasteiger partial charge in [0.25, 0.3) is 0 Å². The quantitative estimate of drug-likeness (QED) is 0.418. The highest BCUT2D eigenvalue weighted by atomic mass is 32.1. The van der Waals surface area contributed by atoms with E-state index in [-0.39, 0.29) is 0 Å². The summed E-state index contributed by atoms with van der Waals surface area (Å²) in [5.41, 5.74) is 9.32. The first-order valence-electron chi connectivity index (χ1n) is 8.27. The van der Waals surface area contributed by atoms with Gasteiger partial charge in [0.1, 0.15) is 10.9 Å². The summed E-state index contributed by atoms with van der Waals surface area (Å²) >= 11 is 1.39. The van der Waals surface area contributed by atoms with E-state index in [0.717, 1.165) is 27.0 Å². The third kappa shape index (κ3) is 3.44. The van der Waals surface area contributed by atoms with Crippen molar-refractivity contribution in [2.75, 3.05) is 10.7 Å². The molecule has 0 spiro atoms. The van der Waals surface area contributed by atoms with Gasteiger partial charge in [-0.05, 0) is 48.0 Å². The predicted octanol–water partition coefficient (Wildman–Crippen LogP) is 3.69. The highest BCUT2D eigenvalue weighted by molar-refractivity contribution is 7.15. The second kappa shape index (κ2) is 7.03. The summed E-state index contributed by atoms with van der Waals surface area (Å²) in [5, 5.41) is 11.6. The number of aromatic nitrogens is 2. The second-order valence-corrected chi connectivity index (χ2v) is 7.13. The smallest absolute Gasteiger partial charge is 0.166 e. The molecule has 4 rings (SSSR count). The Morgan fingerprint density at radius 3 is 2.81 bits per heavy atom. The topological polar surface area (TPSA) is 105 Å². The Balaban J connectivity index is 1.63. The lowest BCUT2D eigenvalue weighted by Crippen LogP contribution is -2.31. The molecule has 0 aliphatic carbocycles. The molecule has 7 heteroatoms. The number of nitriles is 1. The lowest BCUT2D eigenvalue weighted by Gasteiger charge is -2.20. The van der Waals surface area contributed by atoms with Crippen molar-refractivity contribution in [3.05, 3.63) is 71.2 Å². The van der Waals surface area contributed by atoms with Crippen molar-refractivity contribution in [2.45, 2.75) is 6.54 Å². The lowest BCUT2D eigenvalue weighted by molar-refractivity contribution is 0.836. The maximum absolute atomic E-state index is 9.01. The Labute approximate surface area is 160 Å². The van der Waals surface area contributed by atoms with Crippen LogP contribution in [0.5, 0.6) is 0 Å². The van der Waals surface area contributed by atoms with Crippen LogP contribution in [-0.2, 0) is 6.54 Å². The number of nitrogens with zero attached hydrogens (tertiary/aromatic N) is 4. The molecule has 6 nitrogen and oxygen atoms in total. The third-order valence-corrected chi connectivity index (χ3v) is 5.18. The number of hydrogen-bond donors (Lipinski definition) is 2. The molecule has 0 aliphatic rings. The Kier molecular flexibility index (Phi) is 4.42. The number of anilines is 2. The Hall–Kier alpha value is -3.47. The van der Waals surface area contributed by atoms with Crippen LogP contribution in [0.15, 0.2) is 60.8 Å². The van der Waals surface area contributed by atoms with Gasteiger partial charge in [0.05, 0.1) is 28.3 Å². The third-order valence-electron chi connectivity index (χ3n) is 4.17. The van der Waals surface area contributed by atoms with Gasteiger partial charge in [-0.3, -0.25) is 9.99 Å². The fourth-order valence-electron chi connectivity index (χ4n) is 2.86. The van der Waals surface area contributed by atoms with Gasteiger partial charge in [-0.1, -0.05) is 12.1 Å². The summed E-state index contributed by atoms with van der Waals surface area (Å²) in [6, 6.07) is 19.4. The molecule has 0 aliphatic heterocycles. The van der Waals surface area contributed by atoms with Crippen molar-refractivity contribution in [2.24, 2.45) is 5.84 Å². The van der Waals surface area contributed by atoms with Gasteiger partial charge in [-0.2, -0.15) is 5.26 Å². The van der Waals surface area contributed by atoms with Crippen LogP contribution in [0.2, 0.25) is 0 Å². The Morgan fingerprint density at radius 1 is 1.11 bits per heavy atom. The molecular weight excluding hydrogens is 356 g/mol. The molecule has 0 amide bonds. The molecule has 0 saturated carbocycles. The first kappa shape index (κ1) is 17.0. The van der Waals surface area contributed by atoms with E-state index in [4.69, 9.17) is 16.8 Å². The van der Waals surface area contributed by atoms with Gasteiger partial charge in [0, 0.05) is 11.6 Å². The van der Waals surface area contributed by atoms with Gasteiger partial charge in [-0.25, -0.2) is 10.8 Å². The van der Waals surface area contributed by atoms with Crippen LogP contribution in [0.1, 0.15) is 10.4 Å². The average Bonchev–Trinajstić information content (AvgIpc) is 3.17. The minimum Gasteiger partial charge on any atom is -0.396 e. The molecule has 4 aromatic rings. The highest BCUT2D eigenvalue weighted by Gasteiger charge is 2.12. The van der Waals surface area contributed by atoms with Gasteiger partial charge in [0.2, 0.25) is 0 Å². The summed E-state index contributed by atoms with van der Waals surface area (Å²) in [6.45, 7) is 0.458. The number of nitrogens with two attached hydrogens (primary N) is 2. The van der Waals surface area contributed by atoms with Gasteiger partial charge >= 0.3 is 0 Å². The van der Waals surface area contributed by atoms with Crippen LogP contribution in [0.4, 0.5) is 11.5 Å². The van der Waals surface area contributed by atoms with E-state index in [2.05, 4.69) is 22.1 Å². The van der Waals surface area contributed by atoms with Crippen molar-refractivity contribution < 1.29 is 0 Å². The molecular formula is C20H16N6S. The summed E-state index contributed by atoms with van der Waals surface area (Å²) in [4.78, 5) is 10.5. The zero-order chi connectivity index (χ0) is 18.8. The molecule has 0 bridgehead atoms. The largest absolute Gasteiger partial charge is 0.396 e. The molecule has 27 heavy (non-hydrogen) atoms. The van der Waals surface area contributed by atoms with Crippen molar-refractivity contribution in [3.8, 4) is 16.6 Å². The molecule has 0 atom stereocenters. The molecule has 0 radical (unpaired) electrons. The van der Waals surface area contributed by atoms with E-state index in [1.807, 2.05) is 36.4 Å². The number of nitrogen functional groups attached to an aromatic ring is 1. The van der Waals surface area contributed by atoms with Crippen molar-refractivity contribution >= 4 is 33.7 Å². The molecule has 132 valence electrons. The monoisotopic (exact) mass is 372 g/mol. The van der Waals surface area contributed by atoms with E-state index in [0.29, 0.717) is 22.9 Å². The molecule has 1 aromatic carbocycles. The number of thiophene rings is 1. The van der Waals surface area contributed by atoms with Gasteiger partial charge < -0.3 is 5.73 Å². The van der Waals surface area contributed by atoms with Crippen LogP contribution in [0.3, 0.4) is 0 Å². The van der Waals surface area contributed by atoms with E-state index in [1.54, 1.807) is 18.3 Å². The molecule has 0 unspecified atom stereocenters. The minimum atomic E-state index is 0.458. The summed E-state index contributed by atoms with van der Waals surface area (Å²) < 4.78 is 0. The number of rotatable bonds is 4. The molecule has 0 fully saturated rings. The van der Waals surface area contributed by atoms with Crippen LogP contribution < -0.4 is 16.6 Å². The SMILES string of the molecule is N#Cc1ccc(-c2ccc(N)c(N(N)Cc3ccc4ncccc4c3)n2)s1. The maximum Gasteiger partial charge on any atom is 0.166 e. The summed E-state index contributed by atoms with van der Waals surface area (Å²) in [5.74, 6) is 6.78. The van der Waals surface area contributed by atoms with Crippen LogP contribution in [0.25, 0.3) is 21.5 Å². The Morgan fingerprint density at radius 2 is 2.00 bits per heavy atom. The number of fused-ring (bicyclic) bond motifs is 1. The van der Waals surface area contributed by atoms with Crippen LogP contribution >= 0.6 is 11.3 Å². The first-order valence-corrected chi connectivity index (χ1v) is 9.08. The number of hydrazine groups is 1. The number of pyridine rings is 2. The van der Waals surface area contributed by atoms with Gasteiger partial charge in [0.15, 0.2) is 5.82 Å². The minimum absolute atomic E-state index is 0.458. The Bertz CT molecular complexity index is 1160. The van der Waals surface area contributed by atoms with E-state index in [9.17, 15) is 0 Å². The van der Waals surface area contributed by atoms with Crippen LogP contribution in [0, 0.1) is 11.3 Å². The predicted molar refractivity (Wildman–Crippen MR) is 109 cm³/mol. The standard InChI is InChI=1S/C20H16N6S/c21-11-15-4-8-19(27-15)18-7-5-16(22)20(25-18)26(23)12-13-3-6-17-14(10-13)2-1-9-24-17/h1-10H,12,22-23H2. The fraction of sp³-hybridized carbons (Fsp3) is 0.0500. The summed E-state index contributed by atoms with van der Waals surface area (Å²) in [6.07, 6.45) is 1.77. The molecule has 4 N–H and O–H groups in total. The fourth-order valence-corrected chi connectivity index (χ4v) is 3.63. The zero-order valence-electron chi connectivity index (χ0n) is 14.3. The van der Waals surface area contributed by atoms with Crippen molar-refractivity contribution in [1.29, 1.82) is 5.26 Å². The second-order valence-electron chi connectivity index (χ2n) is 6.04. The van der Waals surface area contributed by atoms with E-state index in [1.165, 1.54) is 16.3 Å². The lowest BCUT2D eigenvalue weighted by atomic mass is 10.1. The van der Waals surface area contributed by atoms with E-state index >= 15 is 0 Å². The first-order chi connectivity index (χ1) is 13.1. The van der Waals surface area contributed by atoms with Crippen molar-refractivity contribution in [3.63, 3.8) is 0 Å². The van der Waals surface area contributed by atoms with Gasteiger partial charge in [-0.15, -0.1) is 11.3 Å². The highest BCUT2D eigenvalue weighted by Crippen LogP contribution is 2.30. The van der Waals surface area contributed by atoms with E-state index < -0.39 is 0 Å². The summed E-state index contributed by atoms with van der Waals surface area (Å²) in [7, 11) is 0. The zero-order valence-corrected chi connectivity index (χ0v) is 15.1. The van der Waals surface area contributed by atoms with Crippen LogP contribution in [-0.4, -0.2) is 9.97 Å². The molecule has 3 aromatic heterocycles.